The van der Waals surface area contributed by atoms with E-state index in [4.69, 9.17) is 23.7 Å². The predicted molar refractivity (Wildman–Crippen MR) is 435 cm³/mol. The van der Waals surface area contributed by atoms with E-state index in [0.717, 1.165) is 38.6 Å². The normalized spacial score (nSPS) is 21.5. The Morgan fingerprint density at radius 1 is 0.613 bits per heavy atom. The van der Waals surface area contributed by atoms with Crippen molar-refractivity contribution in [1.82, 2.24) is 0 Å². The van der Waals surface area contributed by atoms with Crippen molar-refractivity contribution < 1.29 is 87.0 Å². The molecule has 0 amide bonds. The van der Waals surface area contributed by atoms with Crippen molar-refractivity contribution in [1.29, 1.82) is 0 Å². The van der Waals surface area contributed by atoms with Gasteiger partial charge in [-0.1, -0.05) is 189 Å². The number of carbonyl (C=O) groups is 9. The molecule has 2 aliphatic heterocycles. The Hall–Kier alpha value is -4.99. The molecule has 2 rings (SSSR count). The maximum absolute atomic E-state index is 13.5. The quantitative estimate of drug-likeness (QED) is 0.0146. The summed E-state index contributed by atoms with van der Waals surface area (Å²) in [5, 5.41) is 38.7. The lowest BCUT2D eigenvalue weighted by atomic mass is 9.70. The maximum atomic E-state index is 13.5. The highest BCUT2D eigenvalue weighted by Crippen LogP contribution is 2.43. The number of cyclic esters (lactones) is 1. The van der Waals surface area contributed by atoms with Crippen LogP contribution in [0, 0.1) is 106 Å². The zero-order valence-corrected chi connectivity index (χ0v) is 73.0. The summed E-state index contributed by atoms with van der Waals surface area (Å²) in [6.07, 6.45) is 14.5. The summed E-state index contributed by atoms with van der Waals surface area (Å²) in [6.45, 7) is 77.9. The van der Waals surface area contributed by atoms with Crippen LogP contribution in [0.2, 0.25) is 18.1 Å². The molecule has 2 heterocycles. The van der Waals surface area contributed by atoms with Gasteiger partial charge in [0.2, 0.25) is 0 Å². The fraction of sp³-hybridized carbons (Fsp3) is 0.759. The molecule has 4 N–H and O–H groups in total. The van der Waals surface area contributed by atoms with E-state index in [2.05, 4.69) is 133 Å². The van der Waals surface area contributed by atoms with Gasteiger partial charge in [0.25, 0.3) is 0 Å². The lowest BCUT2D eigenvalue weighted by molar-refractivity contribution is -0.235. The number of hydrogen-bond acceptors (Lipinski definition) is 18. The predicted octanol–water partition coefficient (Wildman–Crippen LogP) is 17.4. The maximum Gasteiger partial charge on any atom is 0.311 e. The van der Waals surface area contributed by atoms with Gasteiger partial charge in [-0.3, -0.25) is 38.4 Å². The first-order valence-electron chi connectivity index (χ1n) is 38.6. The molecule has 0 aromatic carbocycles. The number of aliphatic hydroxyl groups excluding tert-OH is 4. The Morgan fingerprint density at radius 2 is 1.08 bits per heavy atom. The van der Waals surface area contributed by atoms with Crippen LogP contribution in [0.15, 0.2) is 75.9 Å². The number of esters is 2. The largest absolute Gasteiger partial charge is 0.469 e. The van der Waals surface area contributed by atoms with E-state index in [9.17, 15) is 58.5 Å². The molecule has 19 heteroatoms. The SMILES string of the molecule is C=CC[C@@H]1C(=O)OC[C@H](C)[C@H]1O.C=CC[C@H](C(=O)OC)[C@H](O)[C@@H](C)CO.C=CC[C@H](C)[C@@H]1OC(C)OC[C@@H]1C.C=CC[C@H](C)[C@H](C)[C@@H](C)C(=O)C(C)(C)[C@H](CC(C)=O)O[Si](C)(C)C(C)(C)C.C=CC[C@H](C)[C@H](C)[C@@H](C)C=O.C=CC[C@H](C)[C@H](C)[C@@H](C)[C@H](O)C(C)(C)C(=O)CC(C)=O.CC(=O)CC(=O)C(C)C. The van der Waals surface area contributed by atoms with Crippen molar-refractivity contribution in [3.63, 3.8) is 0 Å². The number of aliphatic hydroxyl groups is 4. The van der Waals surface area contributed by atoms with E-state index < -0.39 is 55.3 Å². The van der Waals surface area contributed by atoms with E-state index in [-0.39, 0.29) is 131 Å². The molecule has 2 aliphatic rings. The summed E-state index contributed by atoms with van der Waals surface area (Å²) in [6, 6.07) is 0. The molecule has 18 nitrogen and oxygen atoms in total. The molecule has 616 valence electrons. The number of carbonyl (C=O) groups excluding carboxylic acids is 9. The first-order chi connectivity index (χ1) is 48.6. The van der Waals surface area contributed by atoms with Crippen LogP contribution in [0.3, 0.4) is 0 Å². The molecule has 21 atom stereocenters. The van der Waals surface area contributed by atoms with Gasteiger partial charge in [0.1, 0.15) is 41.0 Å². The molecule has 0 saturated carbocycles. The average molecular weight is 1520 g/mol. The molecule has 0 spiro atoms. The number of allylic oxidation sites excluding steroid dienone is 6. The van der Waals surface area contributed by atoms with Gasteiger partial charge in [-0.25, -0.2) is 0 Å². The minimum Gasteiger partial charge on any atom is -0.469 e. The minimum atomic E-state index is -2.10. The molecule has 106 heavy (non-hydrogen) atoms. The van der Waals surface area contributed by atoms with Crippen molar-refractivity contribution in [3.8, 4) is 0 Å². The minimum absolute atomic E-state index is 0.00565. The molecule has 0 aromatic heterocycles. The summed E-state index contributed by atoms with van der Waals surface area (Å²) in [4.78, 5) is 103. The number of Topliss-reactive ketones (excluding diaryl/α,β-unsaturated/α-hetero) is 6. The van der Waals surface area contributed by atoms with E-state index >= 15 is 0 Å². The van der Waals surface area contributed by atoms with Gasteiger partial charge in [0.15, 0.2) is 14.6 Å². The molecule has 2 fully saturated rings. The van der Waals surface area contributed by atoms with Crippen molar-refractivity contribution >= 4 is 61.2 Å². The molecule has 0 radical (unpaired) electrons. The third kappa shape index (κ3) is 41.7. The number of rotatable bonds is 39. The number of ketones is 6. The van der Waals surface area contributed by atoms with Gasteiger partial charge < -0.3 is 48.6 Å². The Morgan fingerprint density at radius 3 is 1.46 bits per heavy atom. The summed E-state index contributed by atoms with van der Waals surface area (Å²) in [5.41, 5.74) is -1.60. The van der Waals surface area contributed by atoms with Crippen LogP contribution in [0.1, 0.15) is 238 Å². The van der Waals surface area contributed by atoms with Crippen molar-refractivity contribution in [3.05, 3.63) is 75.9 Å². The average Bonchev–Trinajstić information content (AvgIpc) is 0.788. The van der Waals surface area contributed by atoms with Gasteiger partial charge in [0.05, 0.1) is 75.5 Å². The lowest BCUT2D eigenvalue weighted by Crippen LogP contribution is -2.52. The fourth-order valence-corrected chi connectivity index (χ4v) is 13.2. The number of hydrogen-bond donors (Lipinski definition) is 4. The summed E-state index contributed by atoms with van der Waals surface area (Å²) in [7, 11) is -0.832. The Labute approximate surface area is 646 Å². The van der Waals surface area contributed by atoms with Crippen LogP contribution in [-0.4, -0.2) is 145 Å². The fourth-order valence-electron chi connectivity index (χ4n) is 11.8. The van der Waals surface area contributed by atoms with Crippen LogP contribution in [0.5, 0.6) is 0 Å². The highest BCUT2D eigenvalue weighted by Gasteiger charge is 2.48. The first-order valence-corrected chi connectivity index (χ1v) is 41.5. The molecule has 1 unspecified atom stereocenters. The summed E-state index contributed by atoms with van der Waals surface area (Å²) < 4.78 is 27.2. The number of ether oxygens (including phenoxy) is 4. The van der Waals surface area contributed by atoms with Crippen LogP contribution in [0.25, 0.3) is 0 Å². The standard InChI is InChI=1S/C23H44O3Si.C17H30O3.C11H20O2.C10H18O4.C10H18O.C9H14O3.C7H12O2/c1-13-14-16(2)18(4)19(5)21(25)23(9,10)20(15-17(3)24)26-27(11,12)22(6,7)8;1-8-9-11(2)13(4)14(5)16(20)17(6,7)15(19)10-12(3)18;1-5-6-8(2)11-9(3)7-12-10(4)13-11;1-4-5-8(10(13)14-3)9(12)7(2)6-11;1-5-6-8(2)10(4)9(3)7-11;1-3-4-7-8(10)6(2)5-12-9(7)11;1-5(2)7(9)4-6(3)8/h13,16,18-20H,1,14-15H2,2-12H3;8,11,13-14,16,20H,1,9-10H2,2-7H3;5,8-11H,1,6-7H2,2-4H3;4,7-9,11-12H,1,5-6H2,2-3H3;5,7-10H,1,6H2,2-4H3;3,6-8,10H,1,4-5H2,2H3;5H,4H2,1-3H3/t16-,18-,19+,20-;11-,13-,14+,16-;8-,9-,10?,11-;7-,8-,9+;8-,9-,10-;6-,7-,8+;/m000000./s1. The van der Waals surface area contributed by atoms with Gasteiger partial charge in [-0.2, -0.15) is 0 Å². The summed E-state index contributed by atoms with van der Waals surface area (Å²) in [5.74, 6) is 1.19. The van der Waals surface area contributed by atoms with Crippen LogP contribution >= 0.6 is 0 Å². The van der Waals surface area contributed by atoms with E-state index in [1.54, 1.807) is 53.7 Å². The summed E-state index contributed by atoms with van der Waals surface area (Å²) >= 11 is 0. The second kappa shape index (κ2) is 55.4. The second-order valence-corrected chi connectivity index (χ2v) is 38.3. The monoisotopic (exact) mass is 1520 g/mol. The van der Waals surface area contributed by atoms with Crippen LogP contribution in [0.4, 0.5) is 0 Å². The lowest BCUT2D eigenvalue weighted by Gasteiger charge is -2.44. The Bertz CT molecular complexity index is 2630. The van der Waals surface area contributed by atoms with Gasteiger partial charge in [0, 0.05) is 59.4 Å². The van der Waals surface area contributed by atoms with Crippen LogP contribution < -0.4 is 0 Å². The number of aldehydes is 1. The van der Waals surface area contributed by atoms with E-state index in [1.165, 1.54) is 21.0 Å². The highest BCUT2D eigenvalue weighted by atomic mass is 28.4. The van der Waals surface area contributed by atoms with Gasteiger partial charge in [-0.15, -0.1) is 39.5 Å². The third-order valence-corrected chi connectivity index (χ3v) is 26.5. The third-order valence-electron chi connectivity index (χ3n) is 22.0. The molecule has 2 saturated heterocycles. The van der Waals surface area contributed by atoms with Gasteiger partial charge >= 0.3 is 11.9 Å². The highest BCUT2D eigenvalue weighted by molar-refractivity contribution is 6.74. The zero-order chi connectivity index (χ0) is 84.3. The molecule has 0 aromatic rings. The van der Waals surface area contributed by atoms with Crippen molar-refractivity contribution in [2.75, 3.05) is 26.9 Å². The van der Waals surface area contributed by atoms with E-state index in [1.807, 2.05) is 72.8 Å². The number of methoxy groups -OCH3 is 1. The Balaban J connectivity index is -0.000000386. The zero-order valence-electron chi connectivity index (χ0n) is 72.0. The van der Waals surface area contributed by atoms with Crippen molar-refractivity contribution in [2.24, 2.45) is 106 Å². The molecule has 0 aliphatic carbocycles. The topological polar surface area (TPSA) is 281 Å². The molecular formula is C87H156O18Si. The molecular weight excluding hydrogens is 1360 g/mol. The first kappa shape index (κ1) is 110. The smallest absolute Gasteiger partial charge is 0.311 e. The van der Waals surface area contributed by atoms with Crippen LogP contribution in [-0.2, 0) is 66.5 Å². The van der Waals surface area contributed by atoms with Gasteiger partial charge in [-0.05, 0) is 132 Å². The second-order valence-electron chi connectivity index (χ2n) is 33.6. The van der Waals surface area contributed by atoms with E-state index in [0.29, 0.717) is 61.1 Å². The van der Waals surface area contributed by atoms with Crippen molar-refractivity contribution in [2.45, 2.75) is 293 Å². The molecule has 0 bridgehead atoms. The Kier molecular flexibility index (Phi) is 57.3.